The lowest BCUT2D eigenvalue weighted by Crippen LogP contribution is -2.20. The Balaban J connectivity index is 2.30. The maximum Gasteiger partial charge on any atom is 0.126 e. The Labute approximate surface area is 120 Å². The van der Waals surface area contributed by atoms with E-state index in [-0.39, 0.29) is 11.9 Å². The minimum Gasteiger partial charge on any atom is -0.383 e. The highest BCUT2D eigenvalue weighted by Gasteiger charge is 2.15. The molecule has 0 aliphatic carbocycles. The Morgan fingerprint density at radius 1 is 1.42 bits per heavy atom. The van der Waals surface area contributed by atoms with E-state index in [0.717, 1.165) is 15.6 Å². The van der Waals surface area contributed by atoms with Crippen LogP contribution < -0.4 is 11.1 Å². The highest BCUT2D eigenvalue weighted by molar-refractivity contribution is 9.10. The van der Waals surface area contributed by atoms with Gasteiger partial charge < -0.3 is 11.1 Å². The van der Waals surface area contributed by atoms with Crippen molar-refractivity contribution in [2.45, 2.75) is 12.5 Å². The molecule has 3 nitrogen and oxygen atoms in total. The van der Waals surface area contributed by atoms with Gasteiger partial charge in [0.1, 0.15) is 11.6 Å². The van der Waals surface area contributed by atoms with Gasteiger partial charge in [-0.3, -0.25) is 0 Å². The predicted molar refractivity (Wildman–Crippen MR) is 78.3 cm³/mol. The van der Waals surface area contributed by atoms with Crippen LogP contribution in [0.3, 0.4) is 0 Å². The van der Waals surface area contributed by atoms with E-state index >= 15 is 0 Å². The summed E-state index contributed by atoms with van der Waals surface area (Å²) in [6.45, 7) is 0. The van der Waals surface area contributed by atoms with Gasteiger partial charge >= 0.3 is 0 Å². The van der Waals surface area contributed by atoms with Crippen LogP contribution in [0.1, 0.15) is 17.2 Å². The summed E-state index contributed by atoms with van der Waals surface area (Å²) in [5, 5.41) is 3.18. The van der Waals surface area contributed by atoms with E-state index in [1.807, 2.05) is 19.2 Å². The molecule has 2 aromatic rings. The average molecular weight is 324 g/mol. The van der Waals surface area contributed by atoms with E-state index in [2.05, 4.69) is 26.2 Å². The number of rotatable bonds is 4. The quantitative estimate of drug-likeness (QED) is 0.909. The van der Waals surface area contributed by atoms with Crippen LogP contribution in [0, 0.1) is 5.82 Å². The summed E-state index contributed by atoms with van der Waals surface area (Å²) in [6, 6.07) is 8.41. The van der Waals surface area contributed by atoms with Gasteiger partial charge in [0.2, 0.25) is 0 Å². The molecule has 19 heavy (non-hydrogen) atoms. The second-order valence-corrected chi connectivity index (χ2v) is 5.11. The molecular weight excluding hydrogens is 309 g/mol. The molecule has 0 saturated carbocycles. The molecule has 0 amide bonds. The number of halogens is 2. The lowest BCUT2D eigenvalue weighted by atomic mass is 9.99. The first-order chi connectivity index (χ1) is 9.11. The maximum atomic E-state index is 13.4. The number of nitrogen functional groups attached to an aromatic ring is 1. The third-order valence-electron chi connectivity index (χ3n) is 3.03. The number of anilines is 1. The zero-order valence-electron chi connectivity index (χ0n) is 10.5. The summed E-state index contributed by atoms with van der Waals surface area (Å²) < 4.78 is 14.2. The zero-order chi connectivity index (χ0) is 13.8. The van der Waals surface area contributed by atoms with E-state index in [1.165, 1.54) is 12.1 Å². The molecule has 1 atom stereocenters. The molecule has 0 fully saturated rings. The Bertz CT molecular complexity index is 574. The monoisotopic (exact) mass is 323 g/mol. The number of hydrogen-bond acceptors (Lipinski definition) is 3. The standard InChI is InChI=1S/C14H15BrFN3/c1-18-13(7-9-3-2-6-19-14(9)17)11-8-10(16)4-5-12(11)15/h2-6,8,13,18H,7H2,1H3,(H2,17,19). The van der Waals surface area contributed by atoms with E-state index in [9.17, 15) is 4.39 Å². The lowest BCUT2D eigenvalue weighted by molar-refractivity contribution is 0.575. The first kappa shape index (κ1) is 14.0. The summed E-state index contributed by atoms with van der Waals surface area (Å²) in [6.07, 6.45) is 2.31. The third-order valence-corrected chi connectivity index (χ3v) is 3.75. The van der Waals surface area contributed by atoms with Crippen LogP contribution in [-0.4, -0.2) is 12.0 Å². The molecule has 3 N–H and O–H groups in total. The highest BCUT2D eigenvalue weighted by atomic mass is 79.9. The minimum atomic E-state index is -0.252. The Hall–Kier alpha value is -1.46. The van der Waals surface area contributed by atoms with Gasteiger partial charge in [0, 0.05) is 16.7 Å². The summed E-state index contributed by atoms with van der Waals surface area (Å²) in [5.74, 6) is 0.257. The van der Waals surface area contributed by atoms with Crippen molar-refractivity contribution in [2.75, 3.05) is 12.8 Å². The smallest absolute Gasteiger partial charge is 0.126 e. The van der Waals surface area contributed by atoms with Crippen molar-refractivity contribution in [2.24, 2.45) is 0 Å². The normalized spacial score (nSPS) is 12.4. The molecule has 1 heterocycles. The van der Waals surface area contributed by atoms with E-state index < -0.39 is 0 Å². The van der Waals surface area contributed by atoms with Gasteiger partial charge in [-0.1, -0.05) is 22.0 Å². The molecule has 5 heteroatoms. The van der Waals surface area contributed by atoms with Crippen LogP contribution in [0.25, 0.3) is 0 Å². The molecule has 0 bridgehead atoms. The molecule has 0 spiro atoms. The molecule has 2 rings (SSSR count). The number of nitrogens with zero attached hydrogens (tertiary/aromatic N) is 1. The number of benzene rings is 1. The van der Waals surface area contributed by atoms with Gasteiger partial charge in [0.05, 0.1) is 0 Å². The number of nitrogens with two attached hydrogens (primary N) is 1. The second kappa shape index (κ2) is 6.12. The van der Waals surface area contributed by atoms with Crippen LogP contribution in [0.2, 0.25) is 0 Å². The topological polar surface area (TPSA) is 50.9 Å². The molecule has 100 valence electrons. The number of likely N-dealkylation sites (N-methyl/N-ethyl adjacent to an activating group) is 1. The Morgan fingerprint density at radius 2 is 2.21 bits per heavy atom. The number of aromatic nitrogens is 1. The minimum absolute atomic E-state index is 0.0309. The largest absolute Gasteiger partial charge is 0.383 e. The van der Waals surface area contributed by atoms with Gasteiger partial charge in [-0.25, -0.2) is 9.37 Å². The number of nitrogens with one attached hydrogen (secondary N) is 1. The fourth-order valence-electron chi connectivity index (χ4n) is 1.99. The van der Waals surface area contributed by atoms with Gasteiger partial charge in [0.15, 0.2) is 0 Å². The van der Waals surface area contributed by atoms with Crippen LogP contribution in [0.4, 0.5) is 10.2 Å². The molecule has 0 saturated heterocycles. The van der Waals surface area contributed by atoms with Crippen molar-refractivity contribution in [3.63, 3.8) is 0 Å². The summed E-state index contributed by atoms with van der Waals surface area (Å²) >= 11 is 3.45. The van der Waals surface area contributed by atoms with E-state index in [0.29, 0.717) is 12.2 Å². The van der Waals surface area contributed by atoms with Crippen molar-refractivity contribution in [3.05, 3.63) is 57.9 Å². The van der Waals surface area contributed by atoms with Crippen LogP contribution in [0.5, 0.6) is 0 Å². The number of pyridine rings is 1. The molecule has 1 unspecified atom stereocenters. The molecule has 1 aromatic heterocycles. The maximum absolute atomic E-state index is 13.4. The van der Waals surface area contributed by atoms with Gasteiger partial charge in [-0.15, -0.1) is 0 Å². The molecule has 1 aromatic carbocycles. The zero-order valence-corrected chi connectivity index (χ0v) is 12.1. The summed E-state index contributed by atoms with van der Waals surface area (Å²) in [7, 11) is 1.84. The van der Waals surface area contributed by atoms with Crippen molar-refractivity contribution in [1.29, 1.82) is 0 Å². The van der Waals surface area contributed by atoms with Gasteiger partial charge in [-0.05, 0) is 48.9 Å². The number of hydrogen-bond donors (Lipinski definition) is 2. The van der Waals surface area contributed by atoms with Crippen molar-refractivity contribution in [3.8, 4) is 0 Å². The average Bonchev–Trinajstić information content (AvgIpc) is 2.41. The third kappa shape index (κ3) is 3.30. The van der Waals surface area contributed by atoms with Gasteiger partial charge in [-0.2, -0.15) is 0 Å². The molecule has 0 aliphatic heterocycles. The first-order valence-corrected chi connectivity index (χ1v) is 6.72. The Kier molecular flexibility index (Phi) is 4.50. The van der Waals surface area contributed by atoms with Crippen LogP contribution in [0.15, 0.2) is 41.0 Å². The molecule has 0 aliphatic rings. The van der Waals surface area contributed by atoms with Crippen molar-refractivity contribution < 1.29 is 4.39 Å². The summed E-state index contributed by atoms with van der Waals surface area (Å²) in [5.41, 5.74) is 7.65. The van der Waals surface area contributed by atoms with E-state index in [4.69, 9.17) is 5.73 Å². The summed E-state index contributed by atoms with van der Waals surface area (Å²) in [4.78, 5) is 4.06. The molecular formula is C14H15BrFN3. The highest BCUT2D eigenvalue weighted by Crippen LogP contribution is 2.27. The fraction of sp³-hybridized carbons (Fsp3) is 0.214. The second-order valence-electron chi connectivity index (χ2n) is 4.26. The first-order valence-electron chi connectivity index (χ1n) is 5.93. The van der Waals surface area contributed by atoms with Crippen molar-refractivity contribution >= 4 is 21.7 Å². The van der Waals surface area contributed by atoms with E-state index in [1.54, 1.807) is 12.3 Å². The van der Waals surface area contributed by atoms with Crippen LogP contribution in [-0.2, 0) is 6.42 Å². The fourth-order valence-corrected chi connectivity index (χ4v) is 2.52. The molecule has 0 radical (unpaired) electrons. The predicted octanol–water partition coefficient (Wildman–Crippen LogP) is 3.07. The van der Waals surface area contributed by atoms with Gasteiger partial charge in [0.25, 0.3) is 0 Å². The Morgan fingerprint density at radius 3 is 2.89 bits per heavy atom. The van der Waals surface area contributed by atoms with Crippen LogP contribution >= 0.6 is 15.9 Å². The van der Waals surface area contributed by atoms with Crippen molar-refractivity contribution in [1.82, 2.24) is 10.3 Å². The lowest BCUT2D eigenvalue weighted by Gasteiger charge is -2.19. The SMILES string of the molecule is CNC(Cc1cccnc1N)c1cc(F)ccc1Br.